The van der Waals surface area contributed by atoms with Gasteiger partial charge in [0.15, 0.2) is 5.41 Å². The molecule has 1 unspecified atom stereocenters. The van der Waals surface area contributed by atoms with E-state index in [2.05, 4.69) is 0 Å². The van der Waals surface area contributed by atoms with Gasteiger partial charge in [-0.2, -0.15) is 0 Å². The number of carboxylic acid groups (broad SMARTS) is 1. The minimum atomic E-state index is -1.83. The van der Waals surface area contributed by atoms with Crippen molar-refractivity contribution in [1.29, 1.82) is 0 Å². The van der Waals surface area contributed by atoms with Gasteiger partial charge in [-0.25, -0.2) is 0 Å². The van der Waals surface area contributed by atoms with Crippen molar-refractivity contribution >= 4 is 35.1 Å². The van der Waals surface area contributed by atoms with Crippen molar-refractivity contribution < 1.29 is 19.4 Å². The molecule has 0 saturated heterocycles. The van der Waals surface area contributed by atoms with Crippen molar-refractivity contribution in [2.24, 2.45) is 0 Å². The van der Waals surface area contributed by atoms with Gasteiger partial charge >= 0.3 is 11.9 Å². The van der Waals surface area contributed by atoms with Gasteiger partial charge < -0.3 is 9.84 Å². The molecule has 1 atom stereocenters. The third-order valence-corrected chi connectivity index (χ3v) is 3.27. The third-order valence-electron chi connectivity index (χ3n) is 2.84. The molecule has 20 heavy (non-hydrogen) atoms. The summed E-state index contributed by atoms with van der Waals surface area (Å²) >= 11 is 11.2. The summed E-state index contributed by atoms with van der Waals surface area (Å²) in [4.78, 5) is 23.9. The summed E-state index contributed by atoms with van der Waals surface area (Å²) in [6.07, 6.45) is 1.30. The molecule has 1 N–H and O–H groups in total. The second kappa shape index (κ2) is 7.31. The summed E-state index contributed by atoms with van der Waals surface area (Å²) in [5.41, 5.74) is -0.360. The maximum atomic E-state index is 12.2. The van der Waals surface area contributed by atoms with Crippen LogP contribution in [-0.2, 0) is 19.7 Å². The molecule has 0 spiro atoms. The van der Waals surface area contributed by atoms with Crippen molar-refractivity contribution in [3.05, 3.63) is 46.5 Å². The Morgan fingerprint density at radius 2 is 1.95 bits per heavy atom. The highest BCUT2D eigenvalue weighted by Gasteiger charge is 2.48. The average Bonchev–Trinajstić information content (AvgIpc) is 2.41. The molecule has 0 amide bonds. The lowest BCUT2D eigenvalue weighted by Gasteiger charge is -2.26. The number of rotatable bonds is 6. The topological polar surface area (TPSA) is 63.6 Å². The van der Waals surface area contributed by atoms with Crippen LogP contribution >= 0.6 is 23.2 Å². The minimum absolute atomic E-state index is 0.0893. The number of carbonyl (C=O) groups excluding carboxylic acids is 1. The second-order valence-electron chi connectivity index (χ2n) is 4.00. The molecule has 1 rings (SSSR count). The van der Waals surface area contributed by atoms with Crippen molar-refractivity contribution in [3.63, 3.8) is 0 Å². The number of hydrogen-bond donors (Lipinski definition) is 1. The maximum Gasteiger partial charge on any atom is 0.328 e. The summed E-state index contributed by atoms with van der Waals surface area (Å²) < 4.78 is 4.92. The fourth-order valence-electron chi connectivity index (χ4n) is 1.83. The van der Waals surface area contributed by atoms with Crippen LogP contribution in [0.3, 0.4) is 0 Å². The molecule has 0 fully saturated rings. The van der Waals surface area contributed by atoms with E-state index in [1.807, 2.05) is 0 Å². The van der Waals surface area contributed by atoms with E-state index in [0.717, 1.165) is 0 Å². The Morgan fingerprint density at radius 3 is 2.40 bits per heavy atom. The zero-order chi connectivity index (χ0) is 15.2. The lowest BCUT2D eigenvalue weighted by atomic mass is 9.77. The second-order valence-corrected chi connectivity index (χ2v) is 4.69. The van der Waals surface area contributed by atoms with Gasteiger partial charge in [0.2, 0.25) is 0 Å². The van der Waals surface area contributed by atoms with Crippen LogP contribution in [0.25, 0.3) is 0 Å². The normalized spacial score (nSPS) is 13.9. The van der Waals surface area contributed by atoms with E-state index in [4.69, 9.17) is 27.9 Å². The Kier molecular flexibility index (Phi) is 6.05. The highest BCUT2D eigenvalue weighted by Crippen LogP contribution is 2.32. The number of ether oxygens (including phenoxy) is 1. The predicted octanol–water partition coefficient (Wildman–Crippen LogP) is 3.37. The first-order valence-corrected chi connectivity index (χ1v) is 6.72. The van der Waals surface area contributed by atoms with Crippen LogP contribution in [0.15, 0.2) is 35.9 Å². The molecule has 0 aliphatic carbocycles. The van der Waals surface area contributed by atoms with Crippen molar-refractivity contribution in [3.8, 4) is 0 Å². The molecule has 0 heterocycles. The van der Waals surface area contributed by atoms with Gasteiger partial charge in [-0.3, -0.25) is 9.59 Å². The fraction of sp³-hybridized carbons (Fsp3) is 0.286. The smallest absolute Gasteiger partial charge is 0.328 e. The van der Waals surface area contributed by atoms with Gasteiger partial charge in [0, 0.05) is 10.6 Å². The minimum Gasteiger partial charge on any atom is -0.480 e. The van der Waals surface area contributed by atoms with E-state index in [-0.39, 0.29) is 13.0 Å². The average molecular weight is 317 g/mol. The molecule has 0 aliphatic heterocycles. The number of carbonyl (C=O) groups is 2. The number of hydrogen-bond acceptors (Lipinski definition) is 3. The van der Waals surface area contributed by atoms with E-state index in [1.54, 1.807) is 6.92 Å². The molecular formula is C14H14Cl2O4. The van der Waals surface area contributed by atoms with Gasteiger partial charge in [-0.15, -0.1) is 0 Å². The molecule has 108 valence electrons. The molecular weight excluding hydrogens is 303 g/mol. The molecule has 1 aromatic rings. The first-order chi connectivity index (χ1) is 9.48. The largest absolute Gasteiger partial charge is 0.480 e. The number of aliphatic carboxylic acids is 1. The van der Waals surface area contributed by atoms with Gasteiger partial charge in [0.05, 0.1) is 6.61 Å². The highest BCUT2D eigenvalue weighted by atomic mass is 35.5. The van der Waals surface area contributed by atoms with Crippen molar-refractivity contribution in [2.45, 2.75) is 18.8 Å². The van der Waals surface area contributed by atoms with Crippen LogP contribution in [0, 0.1) is 0 Å². The standard InChI is InChI=1S/C14H14Cl2O4/c1-2-20-13(19)14(12(17)18,8-3-9-15)10-4-6-11(16)7-5-10/h3-7,9H,2,8H2,1H3,(H,17,18)/b9-3+. The van der Waals surface area contributed by atoms with E-state index in [1.165, 1.54) is 35.9 Å². The monoisotopic (exact) mass is 316 g/mol. The molecule has 0 saturated carbocycles. The Morgan fingerprint density at radius 1 is 1.35 bits per heavy atom. The van der Waals surface area contributed by atoms with Gasteiger partial charge in [-0.05, 0) is 31.0 Å². The maximum absolute atomic E-state index is 12.2. The van der Waals surface area contributed by atoms with E-state index in [0.29, 0.717) is 10.6 Å². The number of esters is 1. The summed E-state index contributed by atoms with van der Waals surface area (Å²) in [5, 5.41) is 10.0. The summed E-state index contributed by atoms with van der Waals surface area (Å²) in [6, 6.07) is 6.04. The zero-order valence-corrected chi connectivity index (χ0v) is 12.3. The summed E-state index contributed by atoms with van der Waals surface area (Å²) in [5.74, 6) is -2.13. The molecule has 6 heteroatoms. The number of carboxylic acids is 1. The van der Waals surface area contributed by atoms with Crippen LogP contribution in [0.1, 0.15) is 18.9 Å². The Balaban J connectivity index is 3.39. The van der Waals surface area contributed by atoms with E-state index < -0.39 is 17.4 Å². The number of halogens is 2. The van der Waals surface area contributed by atoms with Crippen molar-refractivity contribution in [2.75, 3.05) is 6.61 Å². The Hall–Kier alpha value is -1.52. The lowest BCUT2D eigenvalue weighted by molar-refractivity contribution is -0.161. The third kappa shape index (κ3) is 3.32. The van der Waals surface area contributed by atoms with E-state index in [9.17, 15) is 14.7 Å². The number of allylic oxidation sites excluding steroid dienone is 1. The summed E-state index contributed by atoms with van der Waals surface area (Å²) in [7, 11) is 0. The molecule has 4 nitrogen and oxygen atoms in total. The first-order valence-electron chi connectivity index (χ1n) is 5.91. The van der Waals surface area contributed by atoms with E-state index >= 15 is 0 Å². The van der Waals surface area contributed by atoms with Crippen LogP contribution < -0.4 is 0 Å². The van der Waals surface area contributed by atoms with Gasteiger partial charge in [0.25, 0.3) is 0 Å². The quantitative estimate of drug-likeness (QED) is 0.645. The zero-order valence-electron chi connectivity index (χ0n) is 10.8. The van der Waals surface area contributed by atoms with Crippen LogP contribution in [-0.4, -0.2) is 23.7 Å². The molecule has 1 aromatic carbocycles. The molecule has 0 bridgehead atoms. The SMILES string of the molecule is CCOC(=O)C(C/C=C/Cl)(C(=O)O)c1ccc(Cl)cc1. The van der Waals surface area contributed by atoms with Gasteiger partial charge in [-0.1, -0.05) is 41.4 Å². The Labute approximate surface area is 126 Å². The van der Waals surface area contributed by atoms with Crippen LogP contribution in [0.2, 0.25) is 5.02 Å². The Bertz CT molecular complexity index is 510. The molecule has 0 radical (unpaired) electrons. The van der Waals surface area contributed by atoms with Crippen molar-refractivity contribution in [1.82, 2.24) is 0 Å². The lowest BCUT2D eigenvalue weighted by Crippen LogP contribution is -2.44. The van der Waals surface area contributed by atoms with Crippen LogP contribution in [0.4, 0.5) is 0 Å². The molecule has 0 aromatic heterocycles. The predicted molar refractivity (Wildman–Crippen MR) is 77.0 cm³/mol. The fourth-order valence-corrected chi connectivity index (χ4v) is 2.04. The van der Waals surface area contributed by atoms with Gasteiger partial charge in [0.1, 0.15) is 0 Å². The molecule has 0 aliphatic rings. The number of benzene rings is 1. The first kappa shape index (κ1) is 16.5. The summed E-state index contributed by atoms with van der Waals surface area (Å²) in [6.45, 7) is 1.70. The van der Waals surface area contributed by atoms with Crippen LogP contribution in [0.5, 0.6) is 0 Å². The highest BCUT2D eigenvalue weighted by molar-refractivity contribution is 6.30.